The highest BCUT2D eigenvalue weighted by molar-refractivity contribution is 6.05. The summed E-state index contributed by atoms with van der Waals surface area (Å²) < 4.78 is 10.6. The van der Waals surface area contributed by atoms with Crippen LogP contribution in [0.1, 0.15) is 5.56 Å². The summed E-state index contributed by atoms with van der Waals surface area (Å²) in [7, 11) is 0. The maximum atomic E-state index is 12.2. The van der Waals surface area contributed by atoms with E-state index in [1.165, 1.54) is 4.90 Å². The van der Waals surface area contributed by atoms with Gasteiger partial charge in [-0.05, 0) is 17.7 Å². The molecule has 6 heteroatoms. The number of amides is 2. The van der Waals surface area contributed by atoms with Gasteiger partial charge in [0.2, 0.25) is 18.6 Å². The van der Waals surface area contributed by atoms with E-state index in [4.69, 9.17) is 9.47 Å². The molecule has 3 aliphatic rings. The Hall–Kier alpha value is -2.08. The second kappa shape index (κ2) is 4.21. The molecule has 2 saturated heterocycles. The zero-order valence-corrected chi connectivity index (χ0v) is 10.8. The Labute approximate surface area is 115 Å². The van der Waals surface area contributed by atoms with Crippen LogP contribution in [0.25, 0.3) is 0 Å². The van der Waals surface area contributed by atoms with Gasteiger partial charge in [0.25, 0.3) is 0 Å². The Balaban J connectivity index is 1.57. The molecule has 0 unspecified atom stereocenters. The van der Waals surface area contributed by atoms with Crippen LogP contribution < -0.4 is 14.8 Å². The fourth-order valence-corrected chi connectivity index (χ4v) is 3.08. The molecular weight excluding hydrogens is 260 g/mol. The lowest BCUT2D eigenvalue weighted by Crippen LogP contribution is -2.34. The summed E-state index contributed by atoms with van der Waals surface area (Å²) >= 11 is 0. The number of nitrogens with zero attached hydrogens (tertiary/aromatic N) is 1. The maximum absolute atomic E-state index is 12.2. The number of benzene rings is 1. The minimum Gasteiger partial charge on any atom is -0.454 e. The van der Waals surface area contributed by atoms with Crippen molar-refractivity contribution in [1.82, 2.24) is 10.2 Å². The number of nitrogens with one attached hydrogen (secondary N) is 1. The van der Waals surface area contributed by atoms with Crippen LogP contribution in [0.2, 0.25) is 0 Å². The maximum Gasteiger partial charge on any atom is 0.234 e. The van der Waals surface area contributed by atoms with Crippen molar-refractivity contribution in [2.75, 3.05) is 19.9 Å². The van der Waals surface area contributed by atoms with Gasteiger partial charge >= 0.3 is 0 Å². The van der Waals surface area contributed by atoms with Crippen LogP contribution in [-0.2, 0) is 16.1 Å². The standard InChI is InChI=1S/C14H14N2O4/c17-13-9-4-15-5-10(9)14(18)16(13)6-8-1-2-11-12(3-8)20-7-19-11/h1-3,9-10,15H,4-7H2/t9-,10+. The van der Waals surface area contributed by atoms with E-state index in [-0.39, 0.29) is 30.4 Å². The second-order valence-electron chi connectivity index (χ2n) is 5.32. The molecule has 2 amide bonds. The number of rotatable bonds is 2. The summed E-state index contributed by atoms with van der Waals surface area (Å²) in [4.78, 5) is 25.9. The molecule has 0 spiro atoms. The van der Waals surface area contributed by atoms with Crippen molar-refractivity contribution in [2.45, 2.75) is 6.54 Å². The molecule has 0 bridgehead atoms. The summed E-state index contributed by atoms with van der Waals surface area (Å²) in [6, 6.07) is 5.50. The van der Waals surface area contributed by atoms with Gasteiger partial charge in [-0.3, -0.25) is 14.5 Å². The first-order valence-corrected chi connectivity index (χ1v) is 6.68. The van der Waals surface area contributed by atoms with Gasteiger partial charge in [-0.15, -0.1) is 0 Å². The Morgan fingerprint density at radius 3 is 2.55 bits per heavy atom. The Morgan fingerprint density at radius 2 is 1.80 bits per heavy atom. The van der Waals surface area contributed by atoms with Gasteiger partial charge in [0.1, 0.15) is 0 Å². The fourth-order valence-electron chi connectivity index (χ4n) is 3.08. The molecule has 3 heterocycles. The summed E-state index contributed by atoms with van der Waals surface area (Å²) in [5.41, 5.74) is 0.879. The van der Waals surface area contributed by atoms with E-state index in [0.29, 0.717) is 31.1 Å². The Kier molecular flexibility index (Phi) is 2.47. The van der Waals surface area contributed by atoms with Crippen molar-refractivity contribution in [3.8, 4) is 11.5 Å². The molecule has 1 aromatic carbocycles. The van der Waals surface area contributed by atoms with Crippen LogP contribution in [0.5, 0.6) is 11.5 Å². The molecule has 0 saturated carbocycles. The van der Waals surface area contributed by atoms with Crippen molar-refractivity contribution in [3.05, 3.63) is 23.8 Å². The van der Waals surface area contributed by atoms with Crippen molar-refractivity contribution in [1.29, 1.82) is 0 Å². The summed E-state index contributed by atoms with van der Waals surface area (Å²) in [6.07, 6.45) is 0. The molecule has 20 heavy (non-hydrogen) atoms. The lowest BCUT2D eigenvalue weighted by atomic mass is 10.00. The number of hydrogen-bond donors (Lipinski definition) is 1. The molecule has 3 aliphatic heterocycles. The number of fused-ring (bicyclic) bond motifs is 2. The second-order valence-corrected chi connectivity index (χ2v) is 5.32. The molecule has 2 fully saturated rings. The van der Waals surface area contributed by atoms with Crippen LogP contribution in [0.4, 0.5) is 0 Å². The Morgan fingerprint density at radius 1 is 1.10 bits per heavy atom. The monoisotopic (exact) mass is 274 g/mol. The largest absolute Gasteiger partial charge is 0.454 e. The summed E-state index contributed by atoms with van der Waals surface area (Å²) in [6.45, 7) is 1.73. The van der Waals surface area contributed by atoms with Gasteiger partial charge in [0.05, 0.1) is 18.4 Å². The molecule has 0 aromatic heterocycles. The minimum atomic E-state index is -0.184. The van der Waals surface area contributed by atoms with Gasteiger partial charge in [-0.2, -0.15) is 0 Å². The SMILES string of the molecule is O=C1[C@H]2CNC[C@H]2C(=O)N1Cc1ccc2c(c1)OCO2. The molecule has 6 nitrogen and oxygen atoms in total. The third-order valence-electron chi connectivity index (χ3n) is 4.16. The molecular formula is C14H14N2O4. The number of carbonyl (C=O) groups is 2. The van der Waals surface area contributed by atoms with Crippen molar-refractivity contribution in [2.24, 2.45) is 11.8 Å². The van der Waals surface area contributed by atoms with Crippen LogP contribution >= 0.6 is 0 Å². The van der Waals surface area contributed by atoms with Gasteiger partial charge in [-0.25, -0.2) is 0 Å². The van der Waals surface area contributed by atoms with E-state index in [0.717, 1.165) is 5.56 Å². The zero-order chi connectivity index (χ0) is 13.7. The van der Waals surface area contributed by atoms with Gasteiger partial charge in [0, 0.05) is 13.1 Å². The molecule has 0 radical (unpaired) electrons. The van der Waals surface area contributed by atoms with Gasteiger partial charge in [-0.1, -0.05) is 6.07 Å². The third kappa shape index (κ3) is 1.61. The van der Waals surface area contributed by atoms with Gasteiger partial charge < -0.3 is 14.8 Å². The lowest BCUT2D eigenvalue weighted by Gasteiger charge is -2.16. The smallest absolute Gasteiger partial charge is 0.234 e. The highest BCUT2D eigenvalue weighted by Gasteiger charge is 2.49. The zero-order valence-electron chi connectivity index (χ0n) is 10.8. The van der Waals surface area contributed by atoms with Crippen LogP contribution in [0, 0.1) is 11.8 Å². The third-order valence-corrected chi connectivity index (χ3v) is 4.16. The van der Waals surface area contributed by atoms with Crippen LogP contribution in [-0.4, -0.2) is 36.6 Å². The predicted octanol–water partition coefficient (Wildman–Crippen LogP) is 0.120. The highest BCUT2D eigenvalue weighted by atomic mass is 16.7. The number of likely N-dealkylation sites (tertiary alicyclic amines) is 1. The highest BCUT2D eigenvalue weighted by Crippen LogP contribution is 2.34. The first kappa shape index (κ1) is 11.7. The van der Waals surface area contributed by atoms with E-state index in [2.05, 4.69) is 5.32 Å². The van der Waals surface area contributed by atoms with E-state index < -0.39 is 0 Å². The molecule has 2 atom stereocenters. The Bertz CT molecular complexity index is 579. The van der Waals surface area contributed by atoms with E-state index in [1.807, 2.05) is 18.2 Å². The predicted molar refractivity (Wildman–Crippen MR) is 68.0 cm³/mol. The first-order chi connectivity index (χ1) is 9.74. The van der Waals surface area contributed by atoms with E-state index in [9.17, 15) is 9.59 Å². The number of carbonyl (C=O) groups excluding carboxylic acids is 2. The van der Waals surface area contributed by atoms with Crippen LogP contribution in [0.15, 0.2) is 18.2 Å². The van der Waals surface area contributed by atoms with Crippen molar-refractivity contribution >= 4 is 11.8 Å². The molecule has 1 N–H and O–H groups in total. The van der Waals surface area contributed by atoms with Gasteiger partial charge in [0.15, 0.2) is 11.5 Å². The summed E-state index contributed by atoms with van der Waals surface area (Å²) in [5.74, 6) is 0.871. The quantitative estimate of drug-likeness (QED) is 0.776. The average Bonchev–Trinajstić information content (AvgIpc) is 3.14. The normalized spacial score (nSPS) is 27.3. The van der Waals surface area contributed by atoms with E-state index >= 15 is 0 Å². The van der Waals surface area contributed by atoms with Crippen LogP contribution in [0.3, 0.4) is 0 Å². The lowest BCUT2D eigenvalue weighted by molar-refractivity contribution is -0.140. The topological polar surface area (TPSA) is 67.9 Å². The van der Waals surface area contributed by atoms with Crippen molar-refractivity contribution in [3.63, 3.8) is 0 Å². The number of hydrogen-bond acceptors (Lipinski definition) is 5. The average molecular weight is 274 g/mol. The molecule has 0 aliphatic carbocycles. The minimum absolute atomic E-state index is 0.0670. The molecule has 1 aromatic rings. The number of ether oxygens (including phenoxy) is 2. The number of imide groups is 1. The molecule has 104 valence electrons. The van der Waals surface area contributed by atoms with Crippen molar-refractivity contribution < 1.29 is 19.1 Å². The van der Waals surface area contributed by atoms with E-state index in [1.54, 1.807) is 0 Å². The molecule has 4 rings (SSSR count). The summed E-state index contributed by atoms with van der Waals surface area (Å²) in [5, 5.41) is 3.10. The first-order valence-electron chi connectivity index (χ1n) is 6.68. The fraction of sp³-hybridized carbons (Fsp3) is 0.429.